The van der Waals surface area contributed by atoms with Gasteiger partial charge in [0.1, 0.15) is 0 Å². The number of nitrogens with two attached hydrogens (primary N) is 11. The summed E-state index contributed by atoms with van der Waals surface area (Å²) in [6.07, 6.45) is 18.1. The van der Waals surface area contributed by atoms with Gasteiger partial charge < -0.3 is 63.1 Å². The van der Waals surface area contributed by atoms with Crippen molar-refractivity contribution >= 4 is 0 Å². The maximum atomic E-state index is 5.83. The Labute approximate surface area is 359 Å². The lowest BCUT2D eigenvalue weighted by molar-refractivity contribution is 0.465. The summed E-state index contributed by atoms with van der Waals surface area (Å²) < 4.78 is 0. The van der Waals surface area contributed by atoms with Gasteiger partial charge in [0.05, 0.1) is 0 Å². The van der Waals surface area contributed by atoms with Gasteiger partial charge in [-0.15, -0.1) is 0 Å². The van der Waals surface area contributed by atoms with Crippen molar-refractivity contribution in [3.8, 4) is 0 Å². The van der Waals surface area contributed by atoms with Crippen LogP contribution in [0.15, 0.2) is 0 Å². The van der Waals surface area contributed by atoms with Crippen molar-refractivity contribution in [1.29, 1.82) is 0 Å². The summed E-state index contributed by atoms with van der Waals surface area (Å²) in [7, 11) is 0. The summed E-state index contributed by atoms with van der Waals surface area (Å²) in [5.41, 5.74) is 61.0. The van der Waals surface area contributed by atoms with Crippen LogP contribution < -0.4 is 63.1 Å². The van der Waals surface area contributed by atoms with E-state index in [1.54, 1.807) is 0 Å². The van der Waals surface area contributed by atoms with Crippen molar-refractivity contribution in [3.63, 3.8) is 0 Å². The molecule has 0 aromatic rings. The predicted octanol–water partition coefficient (Wildman–Crippen LogP) is 6.87. The van der Waals surface area contributed by atoms with E-state index in [1.165, 1.54) is 38.5 Å². The SMILES string of the molecule is CC(C)CCC[C@H](N)CN.CC(C)C[C@@H](N)CCCN.CC(C)C[C@@H](N)CCN.CC(C)C[C@@H](N)CN.CC(C)C[C@H](N)CCCN.CCC[C@@H](N)CCC(C)C. The zero-order valence-corrected chi connectivity index (χ0v) is 41.1. The van der Waals surface area contributed by atoms with Gasteiger partial charge >= 0.3 is 0 Å². The zero-order chi connectivity index (χ0) is 45.8. The zero-order valence-electron chi connectivity index (χ0n) is 41.1. The molecular weight excluding hydrogens is 707 g/mol. The van der Waals surface area contributed by atoms with E-state index in [-0.39, 0.29) is 12.1 Å². The van der Waals surface area contributed by atoms with Gasteiger partial charge in [0.2, 0.25) is 0 Å². The fourth-order valence-electron chi connectivity index (χ4n) is 5.81. The molecule has 0 aliphatic rings. The Morgan fingerprint density at radius 3 is 0.877 bits per heavy atom. The molecule has 6 atom stereocenters. The molecule has 0 radical (unpaired) electrons. The van der Waals surface area contributed by atoms with Gasteiger partial charge in [-0.3, -0.25) is 0 Å². The van der Waals surface area contributed by atoms with Crippen molar-refractivity contribution in [3.05, 3.63) is 0 Å². The Morgan fingerprint density at radius 2 is 0.614 bits per heavy atom. The highest BCUT2D eigenvalue weighted by Crippen LogP contribution is 2.10. The van der Waals surface area contributed by atoms with E-state index in [9.17, 15) is 0 Å². The second kappa shape index (κ2) is 51.7. The van der Waals surface area contributed by atoms with Gasteiger partial charge in [-0.1, -0.05) is 109 Å². The fourth-order valence-corrected chi connectivity index (χ4v) is 5.81. The Hall–Kier alpha value is -0.440. The molecule has 0 heterocycles. The third-order valence-corrected chi connectivity index (χ3v) is 8.93. The van der Waals surface area contributed by atoms with Gasteiger partial charge in [0.25, 0.3) is 0 Å². The van der Waals surface area contributed by atoms with Crippen molar-refractivity contribution in [2.24, 2.45) is 98.6 Å². The van der Waals surface area contributed by atoms with Crippen molar-refractivity contribution in [2.75, 3.05) is 32.7 Å². The molecule has 0 rings (SSSR count). The number of rotatable bonds is 27. The van der Waals surface area contributed by atoms with Gasteiger partial charge in [-0.25, -0.2) is 0 Å². The Kier molecular flexibility index (Phi) is 61.9. The minimum Gasteiger partial charge on any atom is -0.330 e. The highest BCUT2D eigenvalue weighted by Gasteiger charge is 2.06. The molecule has 0 aliphatic carbocycles. The summed E-state index contributed by atoms with van der Waals surface area (Å²) in [4.78, 5) is 0. The Balaban J connectivity index is -0.000000137. The summed E-state index contributed by atoms with van der Waals surface area (Å²) in [5, 5.41) is 0. The molecule has 0 saturated carbocycles. The molecule has 0 aliphatic heterocycles. The molecule has 0 aromatic heterocycles. The van der Waals surface area contributed by atoms with Gasteiger partial charge in [-0.2, -0.15) is 0 Å². The largest absolute Gasteiger partial charge is 0.330 e. The maximum absolute atomic E-state index is 5.83. The first-order chi connectivity index (χ1) is 26.5. The van der Waals surface area contributed by atoms with Crippen molar-refractivity contribution in [2.45, 2.75) is 229 Å². The summed E-state index contributed by atoms with van der Waals surface area (Å²) in [5.74, 6) is 4.41. The van der Waals surface area contributed by atoms with E-state index in [1.807, 2.05) is 0 Å². The van der Waals surface area contributed by atoms with Crippen LogP contribution >= 0.6 is 0 Å². The summed E-state index contributed by atoms with van der Waals surface area (Å²) in [6.45, 7) is 32.1. The molecule has 0 amide bonds. The topological polar surface area (TPSA) is 286 Å². The predicted molar refractivity (Wildman–Crippen MR) is 262 cm³/mol. The highest BCUT2D eigenvalue weighted by atomic mass is 14.7. The smallest absolute Gasteiger partial charge is 0.0165 e. The minimum atomic E-state index is 0.204. The lowest BCUT2D eigenvalue weighted by Crippen LogP contribution is -2.30. The molecule has 0 unspecified atom stereocenters. The van der Waals surface area contributed by atoms with E-state index >= 15 is 0 Å². The first kappa shape index (κ1) is 68.3. The van der Waals surface area contributed by atoms with Crippen LogP contribution in [-0.2, 0) is 0 Å². The van der Waals surface area contributed by atoms with Crippen LogP contribution in [-0.4, -0.2) is 69.0 Å². The molecule has 0 spiro atoms. The Bertz CT molecular complexity index is 673. The van der Waals surface area contributed by atoms with Gasteiger partial charge in [0, 0.05) is 49.3 Å². The van der Waals surface area contributed by atoms with Crippen molar-refractivity contribution < 1.29 is 0 Å². The van der Waals surface area contributed by atoms with E-state index in [0.29, 0.717) is 67.5 Å². The molecule has 0 fully saturated rings. The lowest BCUT2D eigenvalue weighted by Gasteiger charge is -2.12. The molecule has 57 heavy (non-hydrogen) atoms. The first-order valence-corrected chi connectivity index (χ1v) is 23.5. The second-order valence-electron chi connectivity index (χ2n) is 19.1. The maximum Gasteiger partial charge on any atom is 0.0165 e. The monoisotopic (exact) mass is 822 g/mol. The van der Waals surface area contributed by atoms with E-state index < -0.39 is 0 Å². The average Bonchev–Trinajstić information content (AvgIpc) is 3.09. The van der Waals surface area contributed by atoms with E-state index in [4.69, 9.17) is 63.1 Å². The second-order valence-corrected chi connectivity index (χ2v) is 19.1. The molecule has 22 N–H and O–H groups in total. The van der Waals surface area contributed by atoms with Gasteiger partial charge in [0.15, 0.2) is 0 Å². The summed E-state index contributed by atoms with van der Waals surface area (Å²) >= 11 is 0. The average molecular weight is 823 g/mol. The molecule has 0 bridgehead atoms. The molecule has 11 heteroatoms. The lowest BCUT2D eigenvalue weighted by atomic mass is 10.0. The van der Waals surface area contributed by atoms with Crippen LogP contribution in [0.2, 0.25) is 0 Å². The molecule has 0 aromatic carbocycles. The third kappa shape index (κ3) is 80.3. The van der Waals surface area contributed by atoms with Crippen LogP contribution in [0, 0.1) is 35.5 Å². The molecule has 354 valence electrons. The van der Waals surface area contributed by atoms with Crippen LogP contribution in [0.4, 0.5) is 0 Å². The third-order valence-electron chi connectivity index (χ3n) is 8.93. The van der Waals surface area contributed by atoms with Crippen molar-refractivity contribution in [1.82, 2.24) is 0 Å². The van der Waals surface area contributed by atoms with E-state index in [2.05, 4.69) is 90.0 Å². The quantitative estimate of drug-likeness (QED) is 0.0406. The molecule has 0 saturated heterocycles. The van der Waals surface area contributed by atoms with Gasteiger partial charge in [-0.05, 0) is 139 Å². The fraction of sp³-hybridized carbons (Fsp3) is 1.00. The number of hydrogen-bond acceptors (Lipinski definition) is 11. The van der Waals surface area contributed by atoms with Crippen LogP contribution in [0.25, 0.3) is 0 Å². The van der Waals surface area contributed by atoms with Crippen LogP contribution in [0.5, 0.6) is 0 Å². The minimum absolute atomic E-state index is 0.204. The standard InChI is InChI=1S/C9H21N.3C8H20N2.C7H18N2.C6H16N2/c1-4-5-9(10)7-6-8(2)3;2*1-7(2)6-8(10)4-3-5-9;1-7(2)4-3-5-8(10)6-9;1-6(2)5-7(9)3-4-8;1-5(2)3-6(8)4-7/h8-9H,4-7,10H2,1-3H3;3*7-8H,3-6,9-10H2,1-2H3;6-7H,3-5,8-9H2,1-2H3;5-6H,3-4,7-8H2,1-2H3/t9-;3*8-;7-;6-/m110001/s1. The highest BCUT2D eigenvalue weighted by molar-refractivity contribution is 4.66. The number of hydrogen-bond donors (Lipinski definition) is 11. The normalized spacial score (nSPS) is 14.2. The molecule has 11 nitrogen and oxygen atoms in total. The van der Waals surface area contributed by atoms with E-state index in [0.717, 1.165) is 89.1 Å². The summed E-state index contributed by atoms with van der Waals surface area (Å²) in [6, 6.07) is 1.92. The Morgan fingerprint density at radius 1 is 0.281 bits per heavy atom. The van der Waals surface area contributed by atoms with Crippen LogP contribution in [0.1, 0.15) is 193 Å². The molecular formula is C46H115N11. The first-order valence-electron chi connectivity index (χ1n) is 23.5. The van der Waals surface area contributed by atoms with Crippen LogP contribution in [0.3, 0.4) is 0 Å².